The van der Waals surface area contributed by atoms with E-state index in [1.807, 2.05) is 18.7 Å². The van der Waals surface area contributed by atoms with E-state index < -0.39 is 0 Å². The molecule has 3 saturated heterocycles. The van der Waals surface area contributed by atoms with Crippen LogP contribution in [0.15, 0.2) is 0 Å². The van der Waals surface area contributed by atoms with E-state index in [2.05, 4.69) is 15.1 Å². The van der Waals surface area contributed by atoms with Crippen molar-refractivity contribution in [2.45, 2.75) is 89.4 Å². The summed E-state index contributed by atoms with van der Waals surface area (Å²) in [4.78, 5) is 31.4. The van der Waals surface area contributed by atoms with E-state index in [-0.39, 0.29) is 18.2 Å². The van der Waals surface area contributed by atoms with Crippen LogP contribution in [0.2, 0.25) is 0 Å². The van der Waals surface area contributed by atoms with Crippen LogP contribution in [-0.4, -0.2) is 83.8 Å². The lowest BCUT2D eigenvalue weighted by atomic mass is 9.81. The van der Waals surface area contributed by atoms with Gasteiger partial charge in [0.25, 0.3) is 0 Å². The Morgan fingerprint density at radius 3 is 2.31 bits per heavy atom. The van der Waals surface area contributed by atoms with Crippen molar-refractivity contribution >= 4 is 12.1 Å². The van der Waals surface area contributed by atoms with Crippen molar-refractivity contribution in [2.75, 3.05) is 32.7 Å². The fourth-order valence-corrected chi connectivity index (χ4v) is 5.91. The molecule has 0 radical (unpaired) electrons. The number of urea groups is 1. The summed E-state index contributed by atoms with van der Waals surface area (Å²) in [5.74, 6) is 0.648. The molecular formula is C22H38N4O3. The Morgan fingerprint density at radius 1 is 0.966 bits per heavy atom. The molecule has 3 aliphatic heterocycles. The highest BCUT2D eigenvalue weighted by Crippen LogP contribution is 2.34. The second kappa shape index (κ2) is 9.11. The number of hydrogen-bond donors (Lipinski definition) is 1. The minimum atomic E-state index is -0.171. The van der Waals surface area contributed by atoms with Gasteiger partial charge in [0, 0.05) is 50.8 Å². The average Bonchev–Trinajstić information content (AvgIpc) is 2.73. The highest BCUT2D eigenvalue weighted by atomic mass is 16.6. The van der Waals surface area contributed by atoms with Crippen LogP contribution in [0.3, 0.4) is 0 Å². The summed E-state index contributed by atoms with van der Waals surface area (Å²) in [5, 5.41) is 3.16. The number of hydrogen-bond acceptors (Lipinski definition) is 4. The number of ether oxygens (including phenoxy) is 1. The zero-order valence-electron chi connectivity index (χ0n) is 18.1. The summed E-state index contributed by atoms with van der Waals surface area (Å²) >= 11 is 0. The summed E-state index contributed by atoms with van der Waals surface area (Å²) < 4.78 is 5.33. The Morgan fingerprint density at radius 2 is 1.62 bits per heavy atom. The number of fused-ring (bicyclic) bond motifs is 1. The van der Waals surface area contributed by atoms with E-state index in [4.69, 9.17) is 4.74 Å². The van der Waals surface area contributed by atoms with Crippen LogP contribution in [0.5, 0.6) is 0 Å². The molecule has 0 aromatic rings. The molecule has 7 heteroatoms. The molecule has 29 heavy (non-hydrogen) atoms. The predicted molar refractivity (Wildman–Crippen MR) is 112 cm³/mol. The quantitative estimate of drug-likeness (QED) is 0.782. The normalized spacial score (nSPS) is 30.2. The number of piperidine rings is 2. The first-order chi connectivity index (χ1) is 14.0. The molecule has 3 amide bonds. The molecule has 0 unspecified atom stereocenters. The van der Waals surface area contributed by atoms with Gasteiger partial charge in [-0.1, -0.05) is 12.8 Å². The van der Waals surface area contributed by atoms with Gasteiger partial charge in [-0.25, -0.2) is 9.59 Å². The second-order valence-electron chi connectivity index (χ2n) is 9.62. The maximum atomic E-state index is 12.7. The fraction of sp³-hybridized carbons (Fsp3) is 0.909. The number of amides is 3. The second-order valence-corrected chi connectivity index (χ2v) is 9.62. The van der Waals surface area contributed by atoms with Gasteiger partial charge in [-0.15, -0.1) is 0 Å². The summed E-state index contributed by atoms with van der Waals surface area (Å²) in [6.45, 7) is 8.36. The first-order valence-corrected chi connectivity index (χ1v) is 11.8. The topological polar surface area (TPSA) is 65.1 Å². The van der Waals surface area contributed by atoms with Crippen LogP contribution in [-0.2, 0) is 4.74 Å². The largest absolute Gasteiger partial charge is 0.447 e. The molecule has 3 heterocycles. The third-order valence-electron chi connectivity index (χ3n) is 7.44. The van der Waals surface area contributed by atoms with Gasteiger partial charge >= 0.3 is 12.1 Å². The maximum Gasteiger partial charge on any atom is 0.410 e. The average molecular weight is 407 g/mol. The van der Waals surface area contributed by atoms with E-state index in [1.165, 1.54) is 25.7 Å². The Bertz CT molecular complexity index is 583. The first kappa shape index (κ1) is 20.8. The molecule has 7 nitrogen and oxygen atoms in total. The molecule has 4 rings (SSSR count). The van der Waals surface area contributed by atoms with Crippen LogP contribution >= 0.6 is 0 Å². The zero-order valence-corrected chi connectivity index (χ0v) is 18.1. The van der Waals surface area contributed by atoms with E-state index in [0.717, 1.165) is 58.4 Å². The van der Waals surface area contributed by atoms with Crippen LogP contribution in [0.25, 0.3) is 0 Å². The van der Waals surface area contributed by atoms with Crippen molar-refractivity contribution in [2.24, 2.45) is 5.92 Å². The minimum absolute atomic E-state index is 0.0602. The van der Waals surface area contributed by atoms with Crippen molar-refractivity contribution in [3.8, 4) is 0 Å². The third kappa shape index (κ3) is 4.65. The number of carbonyl (C=O) groups is 2. The molecule has 0 aromatic carbocycles. The number of nitrogens with one attached hydrogen (secondary N) is 1. The number of rotatable bonds is 3. The highest BCUT2D eigenvalue weighted by Gasteiger charge is 2.42. The fourth-order valence-electron chi connectivity index (χ4n) is 5.91. The van der Waals surface area contributed by atoms with Crippen LogP contribution in [0, 0.1) is 5.92 Å². The molecule has 0 bridgehead atoms. The lowest BCUT2D eigenvalue weighted by molar-refractivity contribution is 0.0199. The molecule has 2 atom stereocenters. The minimum Gasteiger partial charge on any atom is -0.447 e. The van der Waals surface area contributed by atoms with Gasteiger partial charge in [0.2, 0.25) is 0 Å². The summed E-state index contributed by atoms with van der Waals surface area (Å²) in [5.41, 5.74) is 0. The third-order valence-corrected chi connectivity index (χ3v) is 7.44. The van der Waals surface area contributed by atoms with Crippen molar-refractivity contribution < 1.29 is 14.3 Å². The van der Waals surface area contributed by atoms with Crippen molar-refractivity contribution in [1.29, 1.82) is 0 Å². The number of likely N-dealkylation sites (tertiary alicyclic amines) is 2. The van der Waals surface area contributed by atoms with Gasteiger partial charge in [0.15, 0.2) is 0 Å². The van der Waals surface area contributed by atoms with Crippen LogP contribution in [0.4, 0.5) is 9.59 Å². The molecule has 0 spiro atoms. The Balaban J connectivity index is 1.26. The molecule has 1 aliphatic carbocycles. The van der Waals surface area contributed by atoms with Crippen molar-refractivity contribution in [3.05, 3.63) is 0 Å². The molecule has 1 N–H and O–H groups in total. The Kier molecular flexibility index (Phi) is 6.52. The van der Waals surface area contributed by atoms with Crippen LogP contribution < -0.4 is 5.32 Å². The smallest absolute Gasteiger partial charge is 0.410 e. The predicted octanol–water partition coefficient (Wildman–Crippen LogP) is 3.04. The van der Waals surface area contributed by atoms with Gasteiger partial charge < -0.3 is 24.8 Å². The Labute approximate surface area is 175 Å². The molecule has 0 aromatic heterocycles. The van der Waals surface area contributed by atoms with Crippen LogP contribution in [0.1, 0.15) is 65.2 Å². The van der Waals surface area contributed by atoms with E-state index in [0.29, 0.717) is 24.0 Å². The standard InChI is InChI=1S/C22H38N4O3/c1-16(2)29-22(28)25-13-7-18(8-14-25)24-11-9-19(10-12-24)26-20-6-4-3-5-17(20)15-23-21(26)27/h16-20H,3-15H2,1-2H3,(H,23,27)/t17-,20+/m1/s1. The first-order valence-electron chi connectivity index (χ1n) is 11.8. The lowest BCUT2D eigenvalue weighted by Gasteiger charge is -2.50. The zero-order chi connectivity index (χ0) is 20.4. The van der Waals surface area contributed by atoms with E-state index in [9.17, 15) is 9.59 Å². The van der Waals surface area contributed by atoms with Gasteiger partial charge in [-0.3, -0.25) is 0 Å². The maximum absolute atomic E-state index is 12.7. The van der Waals surface area contributed by atoms with Crippen molar-refractivity contribution in [3.63, 3.8) is 0 Å². The van der Waals surface area contributed by atoms with Gasteiger partial charge in [-0.05, 0) is 58.3 Å². The van der Waals surface area contributed by atoms with Gasteiger partial charge in [0.1, 0.15) is 0 Å². The highest BCUT2D eigenvalue weighted by molar-refractivity contribution is 5.76. The molecular weight excluding hydrogens is 368 g/mol. The van der Waals surface area contributed by atoms with Crippen molar-refractivity contribution in [1.82, 2.24) is 20.0 Å². The monoisotopic (exact) mass is 406 g/mol. The summed E-state index contributed by atoms with van der Waals surface area (Å²) in [7, 11) is 0. The molecule has 4 fully saturated rings. The SMILES string of the molecule is CC(C)OC(=O)N1CCC(N2CCC(N3C(=O)NC[C@H]4CCCC[C@@H]43)CC2)CC1. The summed E-state index contributed by atoms with van der Waals surface area (Å²) in [6.07, 6.45) is 8.98. The molecule has 164 valence electrons. The van der Waals surface area contributed by atoms with Gasteiger partial charge in [0.05, 0.1) is 6.10 Å². The lowest BCUT2D eigenvalue weighted by Crippen LogP contribution is -2.63. The number of carbonyl (C=O) groups excluding carboxylic acids is 2. The number of nitrogens with zero attached hydrogens (tertiary/aromatic N) is 3. The van der Waals surface area contributed by atoms with E-state index in [1.54, 1.807) is 0 Å². The van der Waals surface area contributed by atoms with E-state index >= 15 is 0 Å². The van der Waals surface area contributed by atoms with Gasteiger partial charge in [-0.2, -0.15) is 0 Å². The molecule has 1 saturated carbocycles. The molecule has 4 aliphatic rings. The summed E-state index contributed by atoms with van der Waals surface area (Å²) in [6, 6.07) is 1.57. The Hall–Kier alpha value is -1.50.